The lowest BCUT2D eigenvalue weighted by Crippen LogP contribution is -2.23. The standard InChI is InChI=1S/C21H23N5OS/c1-14-18(15(2)26(24-14)17-9-6-5-7-10-17)13-25(4)16(3)20-22-23-21(27-20)19-11-8-12-28-19/h5-12,16H,13H2,1-4H3. The van der Waals surface area contributed by atoms with Crippen molar-refractivity contribution < 1.29 is 4.42 Å². The largest absolute Gasteiger partial charge is 0.418 e. The second-order valence-electron chi connectivity index (χ2n) is 6.91. The van der Waals surface area contributed by atoms with E-state index in [1.807, 2.05) is 40.4 Å². The van der Waals surface area contributed by atoms with Gasteiger partial charge in [-0.25, -0.2) is 4.68 Å². The highest BCUT2D eigenvalue weighted by Crippen LogP contribution is 2.28. The van der Waals surface area contributed by atoms with E-state index >= 15 is 0 Å². The summed E-state index contributed by atoms with van der Waals surface area (Å²) in [6, 6.07) is 14.2. The first-order valence-corrected chi connectivity index (χ1v) is 10.1. The number of para-hydroxylation sites is 1. The molecule has 0 bridgehead atoms. The number of aromatic nitrogens is 4. The van der Waals surface area contributed by atoms with Gasteiger partial charge in [0, 0.05) is 17.8 Å². The van der Waals surface area contributed by atoms with Crippen LogP contribution < -0.4 is 0 Å². The van der Waals surface area contributed by atoms with Gasteiger partial charge >= 0.3 is 0 Å². The van der Waals surface area contributed by atoms with Gasteiger partial charge in [0.25, 0.3) is 5.89 Å². The molecule has 0 aliphatic rings. The minimum atomic E-state index is 0.0000810. The second kappa shape index (κ2) is 7.69. The van der Waals surface area contributed by atoms with Gasteiger partial charge in [0.2, 0.25) is 5.89 Å². The van der Waals surface area contributed by atoms with Gasteiger partial charge in [-0.15, -0.1) is 21.5 Å². The molecule has 6 nitrogen and oxygen atoms in total. The van der Waals surface area contributed by atoms with Gasteiger partial charge < -0.3 is 4.42 Å². The van der Waals surface area contributed by atoms with Crippen LogP contribution in [0.4, 0.5) is 0 Å². The third-order valence-electron chi connectivity index (χ3n) is 5.04. The molecule has 1 unspecified atom stereocenters. The van der Waals surface area contributed by atoms with Crippen molar-refractivity contribution in [2.24, 2.45) is 0 Å². The van der Waals surface area contributed by atoms with Crippen LogP contribution in [0.1, 0.15) is 35.8 Å². The number of thiophene rings is 1. The Balaban J connectivity index is 1.54. The molecule has 4 rings (SSSR count). The van der Waals surface area contributed by atoms with Crippen molar-refractivity contribution in [1.82, 2.24) is 24.9 Å². The number of rotatable bonds is 6. The Morgan fingerprint density at radius 1 is 1.11 bits per heavy atom. The third kappa shape index (κ3) is 3.50. The van der Waals surface area contributed by atoms with Crippen LogP contribution >= 0.6 is 11.3 Å². The van der Waals surface area contributed by atoms with Crippen LogP contribution in [0.5, 0.6) is 0 Å². The first kappa shape index (κ1) is 18.6. The van der Waals surface area contributed by atoms with Gasteiger partial charge in [-0.2, -0.15) is 5.10 Å². The normalized spacial score (nSPS) is 12.6. The fourth-order valence-corrected chi connectivity index (χ4v) is 3.85. The smallest absolute Gasteiger partial charge is 0.257 e. The quantitative estimate of drug-likeness (QED) is 0.471. The maximum Gasteiger partial charge on any atom is 0.257 e. The van der Waals surface area contributed by atoms with E-state index in [1.165, 1.54) is 5.56 Å². The molecule has 3 heterocycles. The topological polar surface area (TPSA) is 60.0 Å². The second-order valence-corrected chi connectivity index (χ2v) is 7.86. The van der Waals surface area contributed by atoms with E-state index in [0.29, 0.717) is 11.8 Å². The summed E-state index contributed by atoms with van der Waals surface area (Å²) < 4.78 is 7.91. The Morgan fingerprint density at radius 2 is 1.89 bits per heavy atom. The van der Waals surface area contributed by atoms with Crippen molar-refractivity contribution in [3.63, 3.8) is 0 Å². The van der Waals surface area contributed by atoms with Gasteiger partial charge in [-0.3, -0.25) is 4.90 Å². The molecule has 3 aromatic heterocycles. The maximum absolute atomic E-state index is 5.91. The average Bonchev–Trinajstić information content (AvgIpc) is 3.45. The lowest BCUT2D eigenvalue weighted by atomic mass is 10.1. The van der Waals surface area contributed by atoms with Gasteiger partial charge in [-0.05, 0) is 51.4 Å². The van der Waals surface area contributed by atoms with Crippen LogP contribution in [-0.2, 0) is 6.54 Å². The molecule has 0 amide bonds. The van der Waals surface area contributed by atoms with Crippen molar-refractivity contribution in [3.8, 4) is 16.5 Å². The first-order valence-electron chi connectivity index (χ1n) is 9.22. The number of nitrogens with zero attached hydrogens (tertiary/aromatic N) is 5. The average molecular weight is 394 g/mol. The van der Waals surface area contributed by atoms with Crippen molar-refractivity contribution >= 4 is 11.3 Å². The highest BCUT2D eigenvalue weighted by atomic mass is 32.1. The zero-order valence-electron chi connectivity index (χ0n) is 16.5. The van der Waals surface area contributed by atoms with Crippen molar-refractivity contribution in [2.75, 3.05) is 7.05 Å². The monoisotopic (exact) mass is 393 g/mol. The summed E-state index contributed by atoms with van der Waals surface area (Å²) in [7, 11) is 2.07. The van der Waals surface area contributed by atoms with E-state index in [1.54, 1.807) is 11.3 Å². The molecule has 0 aliphatic carbocycles. The highest BCUT2D eigenvalue weighted by Gasteiger charge is 2.22. The Kier molecular flexibility index (Phi) is 5.11. The summed E-state index contributed by atoms with van der Waals surface area (Å²) in [5.41, 5.74) is 4.47. The Morgan fingerprint density at radius 3 is 2.61 bits per heavy atom. The van der Waals surface area contributed by atoms with Gasteiger partial charge in [0.15, 0.2) is 0 Å². The van der Waals surface area contributed by atoms with E-state index < -0.39 is 0 Å². The number of hydrogen-bond acceptors (Lipinski definition) is 6. The van der Waals surface area contributed by atoms with Crippen molar-refractivity contribution in [1.29, 1.82) is 0 Å². The molecular weight excluding hydrogens is 370 g/mol. The molecular formula is C21H23N5OS. The van der Waals surface area contributed by atoms with Gasteiger partial charge in [0.1, 0.15) is 0 Å². The van der Waals surface area contributed by atoms with Crippen LogP contribution in [0, 0.1) is 13.8 Å². The lowest BCUT2D eigenvalue weighted by Gasteiger charge is -2.22. The van der Waals surface area contributed by atoms with Crippen molar-refractivity contribution in [2.45, 2.75) is 33.4 Å². The van der Waals surface area contributed by atoms with E-state index in [0.717, 1.165) is 28.5 Å². The molecule has 1 aromatic carbocycles. The molecule has 0 saturated heterocycles. The van der Waals surface area contributed by atoms with Gasteiger partial charge in [-0.1, -0.05) is 24.3 Å². The molecule has 0 fully saturated rings. The predicted octanol–water partition coefficient (Wildman–Crippen LogP) is 4.79. The summed E-state index contributed by atoms with van der Waals surface area (Å²) in [5.74, 6) is 1.20. The van der Waals surface area contributed by atoms with E-state index in [4.69, 9.17) is 9.52 Å². The summed E-state index contributed by atoms with van der Waals surface area (Å²) in [6.07, 6.45) is 0. The highest BCUT2D eigenvalue weighted by molar-refractivity contribution is 7.13. The molecule has 0 radical (unpaired) electrons. The predicted molar refractivity (Wildman–Crippen MR) is 111 cm³/mol. The minimum Gasteiger partial charge on any atom is -0.418 e. The Bertz CT molecular complexity index is 1050. The Hall–Kier alpha value is -2.77. The number of aryl methyl sites for hydroxylation is 1. The third-order valence-corrected chi connectivity index (χ3v) is 5.90. The van der Waals surface area contributed by atoms with E-state index in [9.17, 15) is 0 Å². The summed E-state index contributed by atoms with van der Waals surface area (Å²) in [5, 5.41) is 15.2. The zero-order chi connectivity index (χ0) is 19.7. The summed E-state index contributed by atoms with van der Waals surface area (Å²) >= 11 is 1.60. The van der Waals surface area contributed by atoms with Crippen LogP contribution in [0.3, 0.4) is 0 Å². The lowest BCUT2D eigenvalue weighted by molar-refractivity contribution is 0.217. The first-order chi connectivity index (χ1) is 13.5. The molecule has 4 aromatic rings. The number of benzene rings is 1. The molecule has 144 valence electrons. The molecule has 0 spiro atoms. The van der Waals surface area contributed by atoms with Gasteiger partial charge in [0.05, 0.1) is 22.3 Å². The molecule has 1 atom stereocenters. The SMILES string of the molecule is Cc1nn(-c2ccccc2)c(C)c1CN(C)C(C)c1nnc(-c2cccs2)o1. The number of hydrogen-bond donors (Lipinski definition) is 0. The molecule has 0 aliphatic heterocycles. The summed E-state index contributed by atoms with van der Waals surface area (Å²) in [6.45, 7) is 7.00. The maximum atomic E-state index is 5.91. The van der Waals surface area contributed by atoms with E-state index in [2.05, 4.69) is 55.0 Å². The molecule has 0 saturated carbocycles. The Labute approximate surface area is 168 Å². The fraction of sp³-hybridized carbons (Fsp3) is 0.286. The summed E-state index contributed by atoms with van der Waals surface area (Å²) in [4.78, 5) is 3.20. The zero-order valence-corrected chi connectivity index (χ0v) is 17.3. The van der Waals surface area contributed by atoms with E-state index in [-0.39, 0.29) is 6.04 Å². The van der Waals surface area contributed by atoms with Crippen LogP contribution in [0.2, 0.25) is 0 Å². The van der Waals surface area contributed by atoms with Crippen LogP contribution in [-0.4, -0.2) is 31.9 Å². The van der Waals surface area contributed by atoms with Crippen LogP contribution in [0.25, 0.3) is 16.5 Å². The molecule has 7 heteroatoms. The molecule has 28 heavy (non-hydrogen) atoms. The molecule has 0 N–H and O–H groups in total. The minimum absolute atomic E-state index is 0.0000810. The van der Waals surface area contributed by atoms with Crippen molar-refractivity contribution in [3.05, 3.63) is 70.7 Å². The fourth-order valence-electron chi connectivity index (χ4n) is 3.20. The van der Waals surface area contributed by atoms with Crippen LogP contribution in [0.15, 0.2) is 52.3 Å².